The molecule has 56 heavy (non-hydrogen) atoms. The number of hydrogen-bond donors (Lipinski definition) is 0. The molecule has 1 aliphatic heterocycles. The quantitative estimate of drug-likeness (QED) is 0.157. The molecule has 9 aromatic rings. The van der Waals surface area contributed by atoms with Crippen LogP contribution in [-0.4, -0.2) is 5.71 Å². The van der Waals surface area contributed by atoms with E-state index >= 15 is 0 Å². The minimum absolute atomic E-state index is 0.195. The molecule has 0 bridgehead atoms. The molecular formula is C54H41NO. The fraction of sp³-hybridized carbons (Fsp3) is 0.0926. The first-order valence-electron chi connectivity index (χ1n) is 19.7. The van der Waals surface area contributed by atoms with Crippen LogP contribution in [-0.2, 0) is 0 Å². The van der Waals surface area contributed by atoms with Crippen LogP contribution in [0.3, 0.4) is 0 Å². The fourth-order valence-electron chi connectivity index (χ4n) is 8.90. The Labute approximate surface area is 327 Å². The summed E-state index contributed by atoms with van der Waals surface area (Å²) in [5, 5.41) is 7.35. The van der Waals surface area contributed by atoms with Crippen LogP contribution in [0.1, 0.15) is 43.4 Å². The number of hydrogen-bond acceptors (Lipinski definition) is 2. The minimum atomic E-state index is 0.195. The van der Waals surface area contributed by atoms with Crippen molar-refractivity contribution < 1.29 is 4.42 Å². The Hall–Kier alpha value is -6.77. The van der Waals surface area contributed by atoms with Gasteiger partial charge in [-0.1, -0.05) is 176 Å². The maximum absolute atomic E-state index is 6.71. The smallest absolute Gasteiger partial charge is 0.143 e. The third kappa shape index (κ3) is 5.86. The summed E-state index contributed by atoms with van der Waals surface area (Å²) in [6, 6.07) is 63.2. The maximum Gasteiger partial charge on any atom is 0.143 e. The lowest BCUT2D eigenvalue weighted by atomic mass is 9.81. The SMILES string of the molecule is CCC1/C=C(c2ccccc2)\N=C(\c2ccccc2-c2ccc(-c3ccccc3)c3oc4ccccc4c23)C/C(C)=C/1c1ccc2ccc3ccccc3c2c1. The molecule has 1 atom stereocenters. The average Bonchev–Trinajstić information content (AvgIpc) is 3.65. The van der Waals surface area contributed by atoms with Crippen LogP contribution >= 0.6 is 0 Å². The van der Waals surface area contributed by atoms with Crippen molar-refractivity contribution in [1.29, 1.82) is 0 Å². The fourth-order valence-corrected chi connectivity index (χ4v) is 8.90. The van der Waals surface area contributed by atoms with Gasteiger partial charge in [0, 0.05) is 34.2 Å². The molecule has 0 amide bonds. The molecule has 0 N–H and O–H groups in total. The monoisotopic (exact) mass is 719 g/mol. The first kappa shape index (κ1) is 33.8. The van der Waals surface area contributed by atoms with Crippen LogP contribution in [0.5, 0.6) is 0 Å². The Balaban J connectivity index is 1.20. The van der Waals surface area contributed by atoms with Gasteiger partial charge in [0.25, 0.3) is 0 Å². The summed E-state index contributed by atoms with van der Waals surface area (Å²) in [7, 11) is 0. The van der Waals surface area contributed by atoms with Crippen LogP contribution < -0.4 is 0 Å². The van der Waals surface area contributed by atoms with E-state index in [1.165, 1.54) is 38.3 Å². The largest absolute Gasteiger partial charge is 0.455 e. The number of fused-ring (bicyclic) bond motifs is 6. The molecular weight excluding hydrogens is 679 g/mol. The van der Waals surface area contributed by atoms with Crippen LogP contribution in [0, 0.1) is 5.92 Å². The van der Waals surface area contributed by atoms with E-state index in [-0.39, 0.29) is 5.92 Å². The number of furan rings is 1. The van der Waals surface area contributed by atoms with Gasteiger partial charge in [0.1, 0.15) is 11.2 Å². The van der Waals surface area contributed by atoms with Crippen LogP contribution in [0.2, 0.25) is 0 Å². The van der Waals surface area contributed by atoms with Gasteiger partial charge in [-0.25, -0.2) is 0 Å². The van der Waals surface area contributed by atoms with E-state index in [9.17, 15) is 0 Å². The van der Waals surface area contributed by atoms with Gasteiger partial charge >= 0.3 is 0 Å². The zero-order valence-corrected chi connectivity index (χ0v) is 31.7. The van der Waals surface area contributed by atoms with Crippen molar-refractivity contribution in [1.82, 2.24) is 0 Å². The first-order valence-corrected chi connectivity index (χ1v) is 19.7. The molecule has 2 heteroatoms. The Kier molecular flexibility index (Phi) is 8.53. The topological polar surface area (TPSA) is 25.5 Å². The van der Waals surface area contributed by atoms with E-state index in [0.717, 1.165) is 79.6 Å². The van der Waals surface area contributed by atoms with Gasteiger partial charge in [0.2, 0.25) is 0 Å². The lowest BCUT2D eigenvalue weighted by Gasteiger charge is -2.25. The summed E-state index contributed by atoms with van der Waals surface area (Å²) in [5.41, 5.74) is 14.6. The zero-order valence-electron chi connectivity index (χ0n) is 31.7. The van der Waals surface area contributed by atoms with Crippen molar-refractivity contribution in [3.8, 4) is 22.3 Å². The molecule has 0 radical (unpaired) electrons. The molecule has 1 aromatic heterocycles. The molecule has 8 aromatic carbocycles. The van der Waals surface area contributed by atoms with Gasteiger partial charge in [-0.15, -0.1) is 0 Å². The zero-order chi connectivity index (χ0) is 37.6. The number of aliphatic imine (C=N–C) groups is 1. The summed E-state index contributed by atoms with van der Waals surface area (Å²) in [6.07, 6.45) is 4.11. The summed E-state index contributed by atoms with van der Waals surface area (Å²) >= 11 is 0. The maximum atomic E-state index is 6.71. The highest BCUT2D eigenvalue weighted by Gasteiger charge is 2.25. The molecule has 0 spiro atoms. The highest BCUT2D eigenvalue weighted by molar-refractivity contribution is 6.19. The highest BCUT2D eigenvalue weighted by atomic mass is 16.3. The van der Waals surface area contributed by atoms with Gasteiger partial charge in [-0.2, -0.15) is 0 Å². The standard InChI is InChI=1S/C54H41NO/c1-3-36-34-49(40-19-8-5-9-20-40)55-50(32-35(2)52(36)41-29-28-39-27-26-38-18-10-11-21-42(38)48(39)33-41)45-23-13-12-22-44(45)46-31-30-43(37-16-6-4-7-17-37)54-53(46)47-24-14-15-25-51(47)56-54/h4-31,33-34,36H,3,32H2,1-2H3/b49-34-,52-35-,55-50+. The molecule has 268 valence electrons. The van der Waals surface area contributed by atoms with E-state index in [0.29, 0.717) is 0 Å². The second kappa shape index (κ2) is 14.1. The van der Waals surface area contributed by atoms with Gasteiger partial charge in [0.15, 0.2) is 0 Å². The van der Waals surface area contributed by atoms with Crippen molar-refractivity contribution in [2.24, 2.45) is 10.9 Å². The second-order valence-corrected chi connectivity index (χ2v) is 15.0. The van der Waals surface area contributed by atoms with E-state index in [4.69, 9.17) is 9.41 Å². The Morgan fingerprint density at radius 1 is 0.536 bits per heavy atom. The molecule has 1 aliphatic rings. The minimum Gasteiger partial charge on any atom is -0.455 e. The molecule has 10 rings (SSSR count). The number of para-hydroxylation sites is 1. The number of nitrogens with zero attached hydrogens (tertiary/aromatic N) is 1. The molecule has 2 heterocycles. The Morgan fingerprint density at radius 3 is 1.95 bits per heavy atom. The molecule has 0 fully saturated rings. The van der Waals surface area contributed by atoms with E-state index in [2.05, 4.69) is 196 Å². The van der Waals surface area contributed by atoms with Crippen molar-refractivity contribution >= 4 is 60.5 Å². The van der Waals surface area contributed by atoms with E-state index in [1.54, 1.807) is 0 Å². The van der Waals surface area contributed by atoms with Gasteiger partial charge in [0.05, 0.1) is 11.4 Å². The third-order valence-electron chi connectivity index (χ3n) is 11.6. The van der Waals surface area contributed by atoms with Crippen LogP contribution in [0.25, 0.3) is 77.0 Å². The predicted molar refractivity (Wildman–Crippen MR) is 238 cm³/mol. The molecule has 2 nitrogen and oxygen atoms in total. The Bertz CT molecular complexity index is 3030. The highest BCUT2D eigenvalue weighted by Crippen LogP contribution is 2.44. The summed E-state index contributed by atoms with van der Waals surface area (Å²) in [4.78, 5) is 5.65. The molecule has 0 saturated heterocycles. The van der Waals surface area contributed by atoms with Crippen LogP contribution in [0.15, 0.2) is 197 Å². The van der Waals surface area contributed by atoms with Crippen molar-refractivity contribution in [3.05, 3.63) is 204 Å². The number of rotatable bonds is 6. The summed E-state index contributed by atoms with van der Waals surface area (Å²) in [6.45, 7) is 4.62. The molecule has 0 aliphatic carbocycles. The van der Waals surface area contributed by atoms with Gasteiger partial charge < -0.3 is 4.42 Å². The van der Waals surface area contributed by atoms with Crippen molar-refractivity contribution in [2.45, 2.75) is 26.7 Å². The second-order valence-electron chi connectivity index (χ2n) is 15.0. The van der Waals surface area contributed by atoms with E-state index < -0.39 is 0 Å². The normalized spacial score (nSPS) is 18.1. The lowest BCUT2D eigenvalue weighted by molar-refractivity contribution is 0.670. The lowest BCUT2D eigenvalue weighted by Crippen LogP contribution is -2.12. The Morgan fingerprint density at radius 2 is 1.16 bits per heavy atom. The number of benzene rings is 8. The summed E-state index contributed by atoms with van der Waals surface area (Å²) < 4.78 is 6.71. The average molecular weight is 720 g/mol. The number of allylic oxidation sites excluding steroid dienone is 3. The first-order chi connectivity index (χ1) is 27.6. The molecule has 0 saturated carbocycles. The van der Waals surface area contributed by atoms with Crippen molar-refractivity contribution in [3.63, 3.8) is 0 Å². The van der Waals surface area contributed by atoms with E-state index in [1.807, 2.05) is 0 Å². The van der Waals surface area contributed by atoms with Gasteiger partial charge in [-0.3, -0.25) is 4.99 Å². The van der Waals surface area contributed by atoms with Gasteiger partial charge in [-0.05, 0) is 86.5 Å². The predicted octanol–water partition coefficient (Wildman–Crippen LogP) is 15.0. The summed E-state index contributed by atoms with van der Waals surface area (Å²) in [5.74, 6) is 0.195. The molecule has 1 unspecified atom stereocenters. The van der Waals surface area contributed by atoms with Crippen molar-refractivity contribution in [2.75, 3.05) is 0 Å². The van der Waals surface area contributed by atoms with Crippen LogP contribution in [0.4, 0.5) is 0 Å². The third-order valence-corrected chi connectivity index (χ3v) is 11.6.